The van der Waals surface area contributed by atoms with E-state index in [-0.39, 0.29) is 49.1 Å². The van der Waals surface area contributed by atoms with Crippen molar-refractivity contribution in [2.75, 3.05) is 0 Å². The maximum absolute atomic E-state index is 13.2. The normalized spacial score (nSPS) is 20.6. The number of rotatable bonds is 4. The molecule has 3 N–H and O–H groups in total. The third-order valence-corrected chi connectivity index (χ3v) is 5.15. The average Bonchev–Trinajstić information content (AvgIpc) is 3.17. The van der Waals surface area contributed by atoms with Crippen molar-refractivity contribution in [3.63, 3.8) is 0 Å². The van der Waals surface area contributed by atoms with Crippen LogP contribution in [0.1, 0.15) is 49.9 Å². The number of ether oxygens (including phenoxy) is 1. The number of nitrogens with one attached hydrogen (secondary N) is 1. The Bertz CT molecular complexity index is 886. The molecule has 2 aliphatic carbocycles. The molecule has 10 heteroatoms. The Morgan fingerprint density at radius 1 is 1.29 bits per heavy atom. The van der Waals surface area contributed by atoms with Gasteiger partial charge in [-0.15, -0.1) is 0 Å². The fraction of sp³-hybridized carbons (Fsp3) is 0.556. The minimum Gasteiger partial charge on any atom is -0.391 e. The monoisotopic (exact) mass is 392 g/mol. The topological polar surface area (TPSA) is 108 Å². The molecule has 2 saturated carbocycles. The molecule has 0 atom stereocenters. The van der Waals surface area contributed by atoms with Crippen LogP contribution in [0, 0.1) is 6.92 Å². The summed E-state index contributed by atoms with van der Waals surface area (Å²) in [6, 6.07) is 3.01. The van der Waals surface area contributed by atoms with Crippen LogP contribution in [0.4, 0.5) is 13.6 Å². The predicted molar refractivity (Wildman–Crippen MR) is 95.4 cm³/mol. The molecule has 2 aromatic rings. The SMILES string of the molecule is Cc1cc(OC(=O)NC2CCC(F)(F)CC2)nc(-n2ccc(C3(N)CC3)n2)n1. The Balaban J connectivity index is 1.42. The van der Waals surface area contributed by atoms with E-state index in [0.717, 1.165) is 18.5 Å². The molecule has 0 aliphatic heterocycles. The lowest BCUT2D eigenvalue weighted by Gasteiger charge is -2.28. The van der Waals surface area contributed by atoms with Crippen LogP contribution in [0.25, 0.3) is 5.95 Å². The van der Waals surface area contributed by atoms with Gasteiger partial charge in [-0.3, -0.25) is 0 Å². The van der Waals surface area contributed by atoms with Crippen LogP contribution in [0.5, 0.6) is 5.88 Å². The van der Waals surface area contributed by atoms with E-state index in [0.29, 0.717) is 5.69 Å². The molecule has 28 heavy (non-hydrogen) atoms. The summed E-state index contributed by atoms with van der Waals surface area (Å²) in [7, 11) is 0. The number of carbonyl (C=O) groups is 1. The first-order valence-corrected chi connectivity index (χ1v) is 9.30. The molecule has 0 radical (unpaired) electrons. The summed E-state index contributed by atoms with van der Waals surface area (Å²) >= 11 is 0. The molecule has 2 aromatic heterocycles. The van der Waals surface area contributed by atoms with E-state index in [9.17, 15) is 13.6 Å². The Kier molecular flexibility index (Phi) is 4.53. The Morgan fingerprint density at radius 2 is 2.00 bits per heavy atom. The summed E-state index contributed by atoms with van der Waals surface area (Å²) < 4.78 is 33.2. The standard InChI is InChI=1S/C18H22F2N6O2/c1-11-10-14(28-16(27)23-12-2-5-18(19,20)6-3-12)24-15(22-11)26-9-4-13(25-26)17(21)7-8-17/h4,9-10,12H,2-3,5-8,21H2,1H3,(H,23,27). The van der Waals surface area contributed by atoms with Crippen LogP contribution in [-0.4, -0.2) is 37.8 Å². The van der Waals surface area contributed by atoms with Crippen LogP contribution < -0.4 is 15.8 Å². The maximum Gasteiger partial charge on any atom is 0.414 e. The largest absolute Gasteiger partial charge is 0.414 e. The second-order valence-corrected chi connectivity index (χ2v) is 7.61. The van der Waals surface area contributed by atoms with Gasteiger partial charge in [0.1, 0.15) is 0 Å². The molecule has 0 spiro atoms. The summed E-state index contributed by atoms with van der Waals surface area (Å²) in [6.45, 7) is 1.74. The smallest absolute Gasteiger partial charge is 0.391 e. The first kappa shape index (κ1) is 18.7. The highest BCUT2D eigenvalue weighted by atomic mass is 19.3. The van der Waals surface area contributed by atoms with E-state index in [1.54, 1.807) is 13.1 Å². The highest BCUT2D eigenvalue weighted by molar-refractivity contribution is 5.70. The number of halogens is 2. The molecule has 0 unspecified atom stereocenters. The van der Waals surface area contributed by atoms with Gasteiger partial charge in [0.25, 0.3) is 5.95 Å². The molecule has 4 rings (SSSR count). The first-order chi connectivity index (χ1) is 13.2. The fourth-order valence-electron chi connectivity index (χ4n) is 3.25. The van der Waals surface area contributed by atoms with Gasteiger partial charge in [0.2, 0.25) is 11.8 Å². The zero-order valence-electron chi connectivity index (χ0n) is 15.5. The van der Waals surface area contributed by atoms with Crippen molar-refractivity contribution in [1.29, 1.82) is 0 Å². The molecule has 1 amide bonds. The lowest BCUT2D eigenvalue weighted by Crippen LogP contribution is -2.41. The number of carbonyl (C=O) groups excluding carboxylic acids is 1. The van der Waals surface area contributed by atoms with E-state index in [1.165, 1.54) is 10.7 Å². The Morgan fingerprint density at radius 3 is 2.68 bits per heavy atom. The molecule has 0 saturated heterocycles. The van der Waals surface area contributed by atoms with E-state index < -0.39 is 12.0 Å². The summed E-state index contributed by atoms with van der Waals surface area (Å²) in [6.07, 6.45) is 2.72. The van der Waals surface area contributed by atoms with Crippen molar-refractivity contribution < 1.29 is 18.3 Å². The average molecular weight is 392 g/mol. The van der Waals surface area contributed by atoms with Crippen molar-refractivity contribution in [2.45, 2.75) is 63.0 Å². The minimum absolute atomic E-state index is 0.0621. The van der Waals surface area contributed by atoms with Crippen LogP contribution in [0.15, 0.2) is 18.3 Å². The summed E-state index contributed by atoms with van der Waals surface area (Å²) in [4.78, 5) is 20.7. The van der Waals surface area contributed by atoms with Gasteiger partial charge in [-0.1, -0.05) is 0 Å². The van der Waals surface area contributed by atoms with Crippen LogP contribution in [0.3, 0.4) is 0 Å². The quantitative estimate of drug-likeness (QED) is 0.828. The number of alkyl halides is 2. The first-order valence-electron chi connectivity index (χ1n) is 9.30. The second-order valence-electron chi connectivity index (χ2n) is 7.61. The molecular weight excluding hydrogens is 370 g/mol. The predicted octanol–water partition coefficient (Wildman–Crippen LogP) is 2.58. The van der Waals surface area contributed by atoms with E-state index >= 15 is 0 Å². The Labute approximate surface area is 160 Å². The van der Waals surface area contributed by atoms with Gasteiger partial charge in [0, 0.05) is 36.8 Å². The molecular formula is C18H22F2N6O2. The molecule has 0 aromatic carbocycles. The van der Waals surface area contributed by atoms with Crippen LogP contribution in [-0.2, 0) is 5.54 Å². The summed E-state index contributed by atoms with van der Waals surface area (Å²) in [5.74, 6) is -2.32. The van der Waals surface area contributed by atoms with Gasteiger partial charge in [-0.05, 0) is 38.7 Å². The molecule has 2 heterocycles. The lowest BCUT2D eigenvalue weighted by molar-refractivity contribution is -0.0399. The van der Waals surface area contributed by atoms with Gasteiger partial charge in [0.15, 0.2) is 0 Å². The summed E-state index contributed by atoms with van der Waals surface area (Å²) in [5.41, 5.74) is 7.14. The third-order valence-electron chi connectivity index (χ3n) is 5.15. The van der Waals surface area contributed by atoms with Crippen molar-refractivity contribution in [1.82, 2.24) is 25.1 Å². The maximum atomic E-state index is 13.2. The molecule has 8 nitrogen and oxygen atoms in total. The van der Waals surface area contributed by atoms with E-state index in [1.807, 2.05) is 6.07 Å². The number of hydrogen-bond acceptors (Lipinski definition) is 6. The van der Waals surface area contributed by atoms with Crippen molar-refractivity contribution in [2.24, 2.45) is 5.73 Å². The van der Waals surface area contributed by atoms with E-state index in [2.05, 4.69) is 20.4 Å². The molecule has 150 valence electrons. The number of aryl methyl sites for hydroxylation is 1. The number of amides is 1. The zero-order valence-corrected chi connectivity index (χ0v) is 15.5. The van der Waals surface area contributed by atoms with Gasteiger partial charge in [-0.2, -0.15) is 10.1 Å². The number of aromatic nitrogens is 4. The number of nitrogens with two attached hydrogens (primary N) is 1. The second kappa shape index (κ2) is 6.77. The van der Waals surface area contributed by atoms with Gasteiger partial charge >= 0.3 is 6.09 Å². The van der Waals surface area contributed by atoms with Crippen LogP contribution >= 0.6 is 0 Å². The van der Waals surface area contributed by atoms with Crippen molar-refractivity contribution >= 4 is 6.09 Å². The molecule has 2 fully saturated rings. The zero-order chi connectivity index (χ0) is 19.9. The fourth-order valence-corrected chi connectivity index (χ4v) is 3.25. The number of hydrogen-bond donors (Lipinski definition) is 2. The highest BCUT2D eigenvalue weighted by Crippen LogP contribution is 2.41. The van der Waals surface area contributed by atoms with Gasteiger partial charge in [-0.25, -0.2) is 23.2 Å². The number of nitrogens with zero attached hydrogens (tertiary/aromatic N) is 4. The lowest BCUT2D eigenvalue weighted by atomic mass is 9.92. The highest BCUT2D eigenvalue weighted by Gasteiger charge is 2.42. The van der Waals surface area contributed by atoms with Crippen molar-refractivity contribution in [3.8, 4) is 11.8 Å². The van der Waals surface area contributed by atoms with Crippen molar-refractivity contribution in [3.05, 3.63) is 29.7 Å². The summed E-state index contributed by atoms with van der Waals surface area (Å²) in [5, 5.41) is 7.04. The molecule has 2 aliphatic rings. The Hall–Kier alpha value is -2.62. The third kappa shape index (κ3) is 4.11. The minimum atomic E-state index is -2.65. The van der Waals surface area contributed by atoms with Crippen LogP contribution in [0.2, 0.25) is 0 Å². The van der Waals surface area contributed by atoms with Gasteiger partial charge < -0.3 is 15.8 Å². The van der Waals surface area contributed by atoms with E-state index in [4.69, 9.17) is 10.5 Å². The molecule has 0 bridgehead atoms. The van der Waals surface area contributed by atoms with Gasteiger partial charge in [0.05, 0.1) is 11.2 Å².